The Balaban J connectivity index is 1.34. The van der Waals surface area contributed by atoms with E-state index in [9.17, 15) is 21.6 Å². The Morgan fingerprint density at radius 3 is 2.43 bits per heavy atom. The lowest BCUT2D eigenvalue weighted by Crippen LogP contribution is -2.47. The number of rotatable bonds is 10. The second-order valence-corrected chi connectivity index (χ2v) is 14.7. The number of sulfonamides is 1. The van der Waals surface area contributed by atoms with Crippen molar-refractivity contribution in [1.82, 2.24) is 13.3 Å². The Kier molecular flexibility index (Phi) is 9.35. The number of carbonyl (C=O) groups excluding carboxylic acids is 1. The van der Waals surface area contributed by atoms with E-state index in [1.807, 2.05) is 24.3 Å². The number of ether oxygens (including phenoxy) is 3. The molecule has 6 rings (SSSR count). The van der Waals surface area contributed by atoms with Crippen LogP contribution in [0.5, 0.6) is 5.75 Å². The fraction of sp³-hybridized carbons (Fsp3) is 0.212. The normalized spacial score (nSPS) is 15.8. The summed E-state index contributed by atoms with van der Waals surface area (Å²) in [6.07, 6.45) is 2.80. The van der Waals surface area contributed by atoms with E-state index >= 15 is 0 Å². The van der Waals surface area contributed by atoms with Crippen molar-refractivity contribution in [3.8, 4) is 16.9 Å². The summed E-state index contributed by atoms with van der Waals surface area (Å²) in [4.78, 5) is 17.0. The zero-order valence-corrected chi connectivity index (χ0v) is 27.5. The lowest BCUT2D eigenvalue weighted by Gasteiger charge is -2.32. The summed E-state index contributed by atoms with van der Waals surface area (Å²) in [6, 6.07) is 22.8. The summed E-state index contributed by atoms with van der Waals surface area (Å²) < 4.78 is 75.9. The number of hydrogen-bond acceptors (Lipinski definition) is 9. The molecule has 0 amide bonds. The zero-order valence-electron chi connectivity index (χ0n) is 25.2. The number of nitrogens with zero attached hydrogens (tertiary/aromatic N) is 3. The Labute approximate surface area is 277 Å². The molecule has 0 bridgehead atoms. The van der Waals surface area contributed by atoms with Gasteiger partial charge in [0.2, 0.25) is 10.0 Å². The Morgan fingerprint density at radius 1 is 0.957 bits per heavy atom. The van der Waals surface area contributed by atoms with Crippen molar-refractivity contribution >= 4 is 48.5 Å². The molecule has 3 heterocycles. The molecule has 1 atom stereocenters. The number of hydrogen-bond donors (Lipinski definition) is 0. The third-order valence-electron chi connectivity index (χ3n) is 7.57. The van der Waals surface area contributed by atoms with Crippen LogP contribution in [0.15, 0.2) is 107 Å². The molecule has 1 aliphatic heterocycles. The van der Waals surface area contributed by atoms with E-state index in [2.05, 4.69) is 4.98 Å². The Hall–Kier alpha value is -4.27. The first-order chi connectivity index (χ1) is 22.6. The van der Waals surface area contributed by atoms with Crippen LogP contribution in [0.4, 0.5) is 0 Å². The van der Waals surface area contributed by atoms with Gasteiger partial charge in [-0.2, -0.15) is 4.31 Å². The predicted molar refractivity (Wildman–Crippen MR) is 176 cm³/mol. The molecular weight excluding hydrogens is 666 g/mol. The first-order valence-electron chi connectivity index (χ1n) is 14.7. The number of carbonyl (C=O) groups is 1. The monoisotopic (exact) mass is 695 g/mol. The van der Waals surface area contributed by atoms with Gasteiger partial charge in [-0.3, -0.25) is 4.98 Å². The van der Waals surface area contributed by atoms with Crippen molar-refractivity contribution in [2.45, 2.75) is 22.8 Å². The predicted octanol–water partition coefficient (Wildman–Crippen LogP) is 5.24. The van der Waals surface area contributed by atoms with Gasteiger partial charge in [0.05, 0.1) is 23.6 Å². The largest absolute Gasteiger partial charge is 0.491 e. The average Bonchev–Trinajstić information content (AvgIpc) is 3.45. The van der Waals surface area contributed by atoms with Crippen LogP contribution in [0.2, 0.25) is 5.02 Å². The van der Waals surface area contributed by atoms with Gasteiger partial charge in [0.1, 0.15) is 23.4 Å². The summed E-state index contributed by atoms with van der Waals surface area (Å²) in [6.45, 7) is 1.35. The molecule has 0 saturated carbocycles. The van der Waals surface area contributed by atoms with Crippen molar-refractivity contribution < 1.29 is 35.8 Å². The van der Waals surface area contributed by atoms with Crippen LogP contribution in [-0.4, -0.2) is 75.1 Å². The summed E-state index contributed by atoms with van der Waals surface area (Å²) in [5.74, 6) is -0.546. The third kappa shape index (κ3) is 6.49. The van der Waals surface area contributed by atoms with E-state index < -0.39 is 42.7 Å². The standard InChI is InChI=1S/C33H30ClN3O8S2/c1-2-43-33(38)31-32(29-19-25(34)12-15-30(29)37(31)46(39,40)28-8-4-3-5-9-28)47(41,42)36-17-18-44-27(21-36)22-45-26-13-10-23(11-14-26)24-7-6-16-35-20-24/h3-16,19-20,27H,2,17-18,21-22H2,1H3. The second-order valence-electron chi connectivity index (χ2n) is 10.6. The van der Waals surface area contributed by atoms with Gasteiger partial charge in [-0.15, -0.1) is 0 Å². The maximum atomic E-state index is 14.5. The molecule has 1 fully saturated rings. The molecule has 5 aromatic rings. The second kappa shape index (κ2) is 13.5. The maximum Gasteiger partial charge on any atom is 0.357 e. The first kappa shape index (κ1) is 32.7. The fourth-order valence-corrected chi connectivity index (χ4v) is 8.96. The molecule has 47 heavy (non-hydrogen) atoms. The minimum Gasteiger partial charge on any atom is -0.491 e. The SMILES string of the molecule is CCOC(=O)c1c(S(=O)(=O)N2CCOC(COc3ccc(-c4cccnc4)cc3)C2)c2cc(Cl)ccc2n1S(=O)(=O)c1ccccc1. The maximum absolute atomic E-state index is 14.5. The highest BCUT2D eigenvalue weighted by molar-refractivity contribution is 7.91. The minimum atomic E-state index is -4.53. The van der Waals surface area contributed by atoms with Crippen LogP contribution in [0.25, 0.3) is 22.0 Å². The number of halogens is 1. The highest BCUT2D eigenvalue weighted by Gasteiger charge is 2.41. The molecule has 1 aliphatic rings. The van der Waals surface area contributed by atoms with E-state index in [-0.39, 0.29) is 53.7 Å². The molecule has 0 N–H and O–H groups in total. The molecule has 14 heteroatoms. The minimum absolute atomic E-state index is 0.0342. The van der Waals surface area contributed by atoms with Gasteiger partial charge < -0.3 is 14.2 Å². The Bertz CT molecular complexity index is 2120. The molecule has 1 saturated heterocycles. The van der Waals surface area contributed by atoms with Gasteiger partial charge in [-0.25, -0.2) is 25.6 Å². The van der Waals surface area contributed by atoms with E-state index in [0.29, 0.717) is 5.75 Å². The number of aromatic nitrogens is 2. The molecule has 0 radical (unpaired) electrons. The lowest BCUT2D eigenvalue weighted by atomic mass is 10.1. The van der Waals surface area contributed by atoms with Crippen LogP contribution in [-0.2, 0) is 29.5 Å². The molecule has 11 nitrogen and oxygen atoms in total. The number of morpholine rings is 1. The van der Waals surface area contributed by atoms with Gasteiger partial charge in [-0.1, -0.05) is 48.0 Å². The molecule has 0 spiro atoms. The molecule has 1 unspecified atom stereocenters. The number of benzene rings is 3. The lowest BCUT2D eigenvalue weighted by molar-refractivity contribution is -0.0249. The van der Waals surface area contributed by atoms with Gasteiger partial charge in [0.15, 0.2) is 5.69 Å². The van der Waals surface area contributed by atoms with Crippen molar-refractivity contribution in [3.05, 3.63) is 108 Å². The first-order valence-corrected chi connectivity index (χ1v) is 17.9. The Morgan fingerprint density at radius 2 is 1.72 bits per heavy atom. The molecule has 0 aliphatic carbocycles. The molecule has 2 aromatic heterocycles. The van der Waals surface area contributed by atoms with Crippen LogP contribution in [0, 0.1) is 0 Å². The average molecular weight is 696 g/mol. The number of fused-ring (bicyclic) bond motifs is 1. The van der Waals surface area contributed by atoms with Crippen molar-refractivity contribution in [2.24, 2.45) is 0 Å². The van der Waals surface area contributed by atoms with Crippen LogP contribution in [0.3, 0.4) is 0 Å². The van der Waals surface area contributed by atoms with Crippen molar-refractivity contribution in [3.63, 3.8) is 0 Å². The van der Waals surface area contributed by atoms with Crippen LogP contribution in [0.1, 0.15) is 17.4 Å². The van der Waals surface area contributed by atoms with Crippen LogP contribution >= 0.6 is 11.6 Å². The van der Waals surface area contributed by atoms with Crippen molar-refractivity contribution in [1.29, 1.82) is 0 Å². The quantitative estimate of drug-likeness (QED) is 0.180. The summed E-state index contributed by atoms with van der Waals surface area (Å²) >= 11 is 6.30. The molecule has 3 aromatic carbocycles. The fourth-order valence-electron chi connectivity index (χ4n) is 5.40. The van der Waals surface area contributed by atoms with Gasteiger partial charge in [0.25, 0.3) is 10.0 Å². The summed E-state index contributed by atoms with van der Waals surface area (Å²) in [5.41, 5.74) is 1.24. The van der Waals surface area contributed by atoms with Crippen LogP contribution < -0.4 is 4.74 Å². The van der Waals surface area contributed by atoms with Gasteiger partial charge in [0, 0.05) is 35.9 Å². The third-order valence-corrected chi connectivity index (χ3v) is 11.5. The van der Waals surface area contributed by atoms with E-state index in [4.69, 9.17) is 25.8 Å². The molecular formula is C33H30ClN3O8S2. The van der Waals surface area contributed by atoms with E-state index in [1.165, 1.54) is 42.5 Å². The van der Waals surface area contributed by atoms with Crippen molar-refractivity contribution in [2.75, 3.05) is 32.9 Å². The summed E-state index contributed by atoms with van der Waals surface area (Å²) in [5, 5.41) is 0.120. The number of esters is 1. The van der Waals surface area contributed by atoms with Gasteiger partial charge >= 0.3 is 5.97 Å². The topological polar surface area (TPSA) is 134 Å². The number of pyridine rings is 1. The smallest absolute Gasteiger partial charge is 0.357 e. The summed E-state index contributed by atoms with van der Waals surface area (Å²) in [7, 11) is -9.00. The highest BCUT2D eigenvalue weighted by atomic mass is 35.5. The van der Waals surface area contributed by atoms with Gasteiger partial charge in [-0.05, 0) is 66.6 Å². The highest BCUT2D eigenvalue weighted by Crippen LogP contribution is 2.37. The molecule has 244 valence electrons. The van der Waals surface area contributed by atoms with E-state index in [1.54, 1.807) is 37.5 Å². The zero-order chi connectivity index (χ0) is 33.2. The van der Waals surface area contributed by atoms with E-state index in [0.717, 1.165) is 19.4 Å².